The lowest BCUT2D eigenvalue weighted by molar-refractivity contribution is -0.128. The molecule has 4 saturated heterocycles. The summed E-state index contributed by atoms with van der Waals surface area (Å²) in [6.07, 6.45) is 6.19. The van der Waals surface area contributed by atoms with Gasteiger partial charge in [-0.2, -0.15) is 27.0 Å². The van der Waals surface area contributed by atoms with E-state index in [2.05, 4.69) is 25.8 Å². The smallest absolute Gasteiger partial charge is 0.319 e. The summed E-state index contributed by atoms with van der Waals surface area (Å²) in [6, 6.07) is 11.5. The van der Waals surface area contributed by atoms with Crippen LogP contribution in [0.5, 0.6) is 6.01 Å². The van der Waals surface area contributed by atoms with Crippen molar-refractivity contribution in [3.05, 3.63) is 66.4 Å². The molecule has 0 saturated carbocycles. The number of nitriles is 1. The number of ether oxygens (including phenoxy) is 1. The van der Waals surface area contributed by atoms with E-state index in [-0.39, 0.29) is 53.7 Å². The average Bonchev–Trinajstić information content (AvgIpc) is 3.70. The SMILES string of the molecule is N#CC[C@H]1CN(c2nc(OC[C@@]34CCCN3C[C@H](F)C4)nc3c(F)c(-c4cccc5cccc(F)c45)ncc23)CCN1C(=O)/C=C/CN1CCSCC1. The maximum Gasteiger partial charge on any atom is 0.319 e. The second-order valence-corrected chi connectivity index (χ2v) is 15.6. The molecule has 6 heterocycles. The molecule has 2 aromatic carbocycles. The zero-order valence-electron chi connectivity index (χ0n) is 29.4. The van der Waals surface area contributed by atoms with Crippen molar-refractivity contribution in [3.8, 4) is 23.3 Å². The number of fused-ring (bicyclic) bond motifs is 3. The molecule has 8 rings (SSSR count). The molecule has 3 atom stereocenters. The number of amides is 1. The van der Waals surface area contributed by atoms with E-state index in [0.29, 0.717) is 49.2 Å². The second kappa shape index (κ2) is 15.1. The van der Waals surface area contributed by atoms with Gasteiger partial charge in [0.25, 0.3) is 0 Å². The molecule has 4 aromatic rings. The minimum atomic E-state index is -0.950. The van der Waals surface area contributed by atoms with E-state index in [1.807, 2.05) is 22.7 Å². The molecular formula is C39H41F3N8O2S. The van der Waals surface area contributed by atoms with Crippen LogP contribution in [0.4, 0.5) is 19.0 Å². The van der Waals surface area contributed by atoms with Crippen molar-refractivity contribution in [3.63, 3.8) is 0 Å². The lowest BCUT2D eigenvalue weighted by atomic mass is 9.95. The van der Waals surface area contributed by atoms with Crippen LogP contribution in [0.1, 0.15) is 25.7 Å². The molecule has 10 nitrogen and oxygen atoms in total. The number of halogens is 3. The second-order valence-electron chi connectivity index (χ2n) is 14.3. The summed E-state index contributed by atoms with van der Waals surface area (Å²) in [7, 11) is 0. The van der Waals surface area contributed by atoms with Crippen LogP contribution in [0.2, 0.25) is 0 Å². The van der Waals surface area contributed by atoms with Crippen LogP contribution < -0.4 is 9.64 Å². The van der Waals surface area contributed by atoms with Crippen molar-refractivity contribution in [2.45, 2.75) is 43.4 Å². The van der Waals surface area contributed by atoms with Gasteiger partial charge >= 0.3 is 6.01 Å². The third-order valence-electron chi connectivity index (χ3n) is 11.1. The van der Waals surface area contributed by atoms with Crippen LogP contribution >= 0.6 is 11.8 Å². The van der Waals surface area contributed by atoms with Gasteiger partial charge in [-0.3, -0.25) is 19.6 Å². The number of aromatic nitrogens is 3. The molecule has 0 N–H and O–H groups in total. The van der Waals surface area contributed by atoms with E-state index in [1.165, 1.54) is 12.3 Å². The number of alkyl halides is 1. The highest BCUT2D eigenvalue weighted by Gasteiger charge is 2.49. The topological polar surface area (TPSA) is 102 Å². The molecule has 14 heteroatoms. The maximum absolute atomic E-state index is 16.9. The molecule has 53 heavy (non-hydrogen) atoms. The van der Waals surface area contributed by atoms with E-state index in [9.17, 15) is 14.4 Å². The lowest BCUT2D eigenvalue weighted by Gasteiger charge is -2.41. The highest BCUT2D eigenvalue weighted by atomic mass is 32.2. The highest BCUT2D eigenvalue weighted by molar-refractivity contribution is 7.99. The minimum absolute atomic E-state index is 0.0479. The Morgan fingerprint density at radius 2 is 1.91 bits per heavy atom. The molecule has 0 aliphatic carbocycles. The normalized spacial score (nSPS) is 24.0. The average molecular weight is 743 g/mol. The predicted molar refractivity (Wildman–Crippen MR) is 200 cm³/mol. The first-order valence-electron chi connectivity index (χ1n) is 18.3. The van der Waals surface area contributed by atoms with Crippen LogP contribution in [0.3, 0.4) is 0 Å². The van der Waals surface area contributed by atoms with Gasteiger partial charge < -0.3 is 14.5 Å². The molecule has 0 unspecified atom stereocenters. The van der Waals surface area contributed by atoms with Gasteiger partial charge in [0.05, 0.1) is 29.5 Å². The number of pyridine rings is 1. The van der Waals surface area contributed by atoms with Gasteiger partial charge in [0.15, 0.2) is 5.82 Å². The number of hydrogen-bond donors (Lipinski definition) is 0. The monoisotopic (exact) mass is 742 g/mol. The lowest BCUT2D eigenvalue weighted by Crippen LogP contribution is -2.55. The first-order chi connectivity index (χ1) is 25.8. The van der Waals surface area contributed by atoms with Crippen molar-refractivity contribution >= 4 is 45.2 Å². The third kappa shape index (κ3) is 7.02. The fourth-order valence-corrected chi connectivity index (χ4v) is 9.43. The Labute approximate surface area is 310 Å². The molecular weight excluding hydrogens is 702 g/mol. The van der Waals surface area contributed by atoms with Crippen molar-refractivity contribution in [1.82, 2.24) is 29.7 Å². The third-order valence-corrected chi connectivity index (χ3v) is 12.0. The first kappa shape index (κ1) is 35.6. The number of rotatable bonds is 9. The van der Waals surface area contributed by atoms with Crippen LogP contribution in [-0.2, 0) is 4.79 Å². The molecule has 1 amide bonds. The Hall–Kier alpha value is -4.45. The van der Waals surface area contributed by atoms with Crippen molar-refractivity contribution < 1.29 is 22.7 Å². The Bertz CT molecular complexity index is 2090. The number of carbonyl (C=O) groups is 1. The van der Waals surface area contributed by atoms with E-state index in [4.69, 9.17) is 9.72 Å². The van der Waals surface area contributed by atoms with E-state index < -0.39 is 29.4 Å². The molecule has 276 valence electrons. The fourth-order valence-electron chi connectivity index (χ4n) is 8.46. The number of piperazine rings is 1. The summed E-state index contributed by atoms with van der Waals surface area (Å²) in [5.41, 5.74) is -0.303. The van der Waals surface area contributed by atoms with Crippen LogP contribution in [-0.4, -0.2) is 124 Å². The number of benzene rings is 2. The summed E-state index contributed by atoms with van der Waals surface area (Å²) in [5, 5.41) is 11.0. The minimum Gasteiger partial charge on any atom is -0.461 e. The molecule has 4 fully saturated rings. The largest absolute Gasteiger partial charge is 0.461 e. The predicted octanol–water partition coefficient (Wildman–Crippen LogP) is 5.61. The number of thioether (sulfide) groups is 1. The van der Waals surface area contributed by atoms with Crippen LogP contribution in [0.25, 0.3) is 32.9 Å². The maximum atomic E-state index is 16.9. The Kier molecular flexibility index (Phi) is 10.1. The van der Waals surface area contributed by atoms with Gasteiger partial charge in [0.1, 0.15) is 35.6 Å². The van der Waals surface area contributed by atoms with Gasteiger partial charge in [0.2, 0.25) is 5.91 Å². The zero-order valence-corrected chi connectivity index (χ0v) is 30.2. The van der Waals surface area contributed by atoms with E-state index >= 15 is 8.78 Å². The van der Waals surface area contributed by atoms with Gasteiger partial charge in [-0.1, -0.05) is 36.4 Å². The van der Waals surface area contributed by atoms with Gasteiger partial charge in [-0.15, -0.1) is 0 Å². The summed E-state index contributed by atoms with van der Waals surface area (Å²) >= 11 is 1.93. The number of carbonyl (C=O) groups excluding carboxylic acids is 1. The number of nitrogens with zero attached hydrogens (tertiary/aromatic N) is 8. The summed E-state index contributed by atoms with van der Waals surface area (Å²) in [5.74, 6) is 1.12. The Balaban J connectivity index is 1.13. The molecule has 0 bridgehead atoms. The van der Waals surface area contributed by atoms with Crippen molar-refractivity contribution in [2.24, 2.45) is 0 Å². The Morgan fingerprint density at radius 3 is 2.74 bits per heavy atom. The molecule has 2 aromatic heterocycles. The van der Waals surface area contributed by atoms with Gasteiger partial charge in [-0.25, -0.2) is 13.2 Å². The first-order valence-corrected chi connectivity index (χ1v) is 19.4. The molecule has 4 aliphatic heterocycles. The van der Waals surface area contributed by atoms with Crippen molar-refractivity contribution in [2.75, 3.05) is 75.4 Å². The van der Waals surface area contributed by atoms with E-state index in [1.54, 1.807) is 41.3 Å². The van der Waals surface area contributed by atoms with Gasteiger partial charge in [0, 0.05) is 87.0 Å². The fraction of sp³-hybridized carbons (Fsp3) is 0.462. The Morgan fingerprint density at radius 1 is 1.08 bits per heavy atom. The van der Waals surface area contributed by atoms with Crippen molar-refractivity contribution in [1.29, 1.82) is 5.26 Å². The highest BCUT2D eigenvalue weighted by Crippen LogP contribution is 2.41. The van der Waals surface area contributed by atoms with Gasteiger partial charge in [-0.05, 0) is 30.8 Å². The standard InChI is InChI=1S/C39H41F3N8O2S/c40-27-21-39(11-4-14-49(39)23-27)25-52-38-45-36-30(22-44-35(34(36)42)29-7-1-5-26-6-2-8-31(41)33(26)29)37(46-38)48-15-16-50(28(24-48)10-12-43)32(51)9-3-13-47-17-19-53-20-18-47/h1-3,5-9,22,27-28H,4,10-11,13-21,23-25H2/b9-3+/t27-,28+,39+/m1/s1. The van der Waals surface area contributed by atoms with Crippen LogP contribution in [0, 0.1) is 23.0 Å². The summed E-state index contributed by atoms with van der Waals surface area (Å²) in [4.78, 5) is 35.4. The quantitative estimate of drug-likeness (QED) is 0.201. The van der Waals surface area contributed by atoms with E-state index in [0.717, 1.165) is 44.0 Å². The number of anilines is 1. The molecule has 0 radical (unpaired) electrons. The summed E-state index contributed by atoms with van der Waals surface area (Å²) < 4.78 is 52.9. The van der Waals surface area contributed by atoms with Crippen LogP contribution in [0.15, 0.2) is 54.7 Å². The zero-order chi connectivity index (χ0) is 36.5. The summed E-state index contributed by atoms with van der Waals surface area (Å²) in [6.45, 7) is 4.90. The molecule has 0 spiro atoms. The molecule has 4 aliphatic rings. The number of hydrogen-bond acceptors (Lipinski definition) is 10.